The summed E-state index contributed by atoms with van der Waals surface area (Å²) in [6, 6.07) is 14.9. The van der Waals surface area contributed by atoms with Crippen molar-refractivity contribution in [3.63, 3.8) is 0 Å². The van der Waals surface area contributed by atoms with Crippen molar-refractivity contribution in [1.29, 1.82) is 10.8 Å². The van der Waals surface area contributed by atoms with E-state index in [9.17, 15) is 31.1 Å². The van der Waals surface area contributed by atoms with E-state index in [1.807, 2.05) is 47.2 Å². The number of carboxylic acids is 2. The van der Waals surface area contributed by atoms with Crippen LogP contribution in [0.1, 0.15) is 45.1 Å². The fourth-order valence-electron chi connectivity index (χ4n) is 3.30. The van der Waals surface area contributed by atoms with Crippen LogP contribution in [0.15, 0.2) is 60.9 Å². The Kier molecular flexibility index (Phi) is 13.1. The largest absolute Gasteiger partial charge is 0.490 e. The minimum absolute atomic E-state index is 0.00499. The number of aromatic nitrogens is 1. The number of carbonyl (C=O) groups excluding carboxylic acids is 1. The van der Waals surface area contributed by atoms with E-state index in [-0.39, 0.29) is 17.6 Å². The maximum Gasteiger partial charge on any atom is 0.490 e. The second kappa shape index (κ2) is 15.8. The van der Waals surface area contributed by atoms with E-state index in [0.29, 0.717) is 36.3 Å². The summed E-state index contributed by atoms with van der Waals surface area (Å²) < 4.78 is 70.6. The van der Waals surface area contributed by atoms with Crippen molar-refractivity contribution in [2.75, 3.05) is 6.61 Å². The van der Waals surface area contributed by atoms with Crippen LogP contribution in [0.3, 0.4) is 0 Å². The topological polar surface area (TPSA) is 206 Å². The molecule has 11 nitrogen and oxygen atoms in total. The van der Waals surface area contributed by atoms with E-state index in [1.165, 1.54) is 0 Å². The number of rotatable bonds is 8. The fourth-order valence-corrected chi connectivity index (χ4v) is 3.30. The highest BCUT2D eigenvalue weighted by atomic mass is 19.4. The Labute approximate surface area is 245 Å². The highest BCUT2D eigenvalue weighted by Gasteiger charge is 2.38. The zero-order valence-corrected chi connectivity index (χ0v) is 22.8. The van der Waals surface area contributed by atoms with Gasteiger partial charge in [0.05, 0.1) is 12.2 Å². The number of hydrogen-bond acceptors (Lipinski definition) is 6. The smallest absolute Gasteiger partial charge is 0.475 e. The number of amidine groups is 2. The Bertz CT molecular complexity index is 1480. The minimum Gasteiger partial charge on any atom is -0.475 e. The highest BCUT2D eigenvalue weighted by molar-refractivity contribution is 5.95. The number of nitrogens with two attached hydrogens (primary N) is 2. The SMILES string of the molecule is CCOC(=O)c1cn(Cc2cccc(C(=N)N)c2)cc1Cc1cccc(C(=N)N)c1.O=C(O)C(F)(F)F.O=C(O)C(F)(F)F. The number of nitrogens with one attached hydrogen (secondary N) is 2. The number of ether oxygens (including phenoxy) is 1. The molecule has 0 aliphatic rings. The van der Waals surface area contributed by atoms with Crippen LogP contribution < -0.4 is 11.5 Å². The van der Waals surface area contributed by atoms with Crippen LogP contribution in [0.5, 0.6) is 0 Å². The van der Waals surface area contributed by atoms with Crippen molar-refractivity contribution in [3.05, 3.63) is 94.3 Å². The maximum atomic E-state index is 12.5. The van der Waals surface area contributed by atoms with Crippen LogP contribution in [0.4, 0.5) is 26.3 Å². The Morgan fingerprint density at radius 2 is 1.25 bits per heavy atom. The second-order valence-electron chi connectivity index (χ2n) is 8.60. The molecule has 0 spiro atoms. The van der Waals surface area contributed by atoms with Gasteiger partial charge in [0.25, 0.3) is 0 Å². The molecule has 0 atom stereocenters. The predicted molar refractivity (Wildman–Crippen MR) is 145 cm³/mol. The van der Waals surface area contributed by atoms with Crippen molar-refractivity contribution >= 4 is 29.6 Å². The van der Waals surface area contributed by atoms with E-state index in [2.05, 4.69) is 0 Å². The molecule has 17 heteroatoms. The highest BCUT2D eigenvalue weighted by Crippen LogP contribution is 2.20. The number of halogens is 6. The molecule has 0 saturated heterocycles. The Hall–Kier alpha value is -5.35. The summed E-state index contributed by atoms with van der Waals surface area (Å²) in [6.45, 7) is 2.60. The summed E-state index contributed by atoms with van der Waals surface area (Å²) >= 11 is 0. The molecule has 0 saturated carbocycles. The molecule has 2 aromatic carbocycles. The number of carbonyl (C=O) groups is 3. The molecule has 0 aliphatic heterocycles. The molecule has 3 rings (SSSR count). The third-order valence-electron chi connectivity index (χ3n) is 5.18. The van der Waals surface area contributed by atoms with Gasteiger partial charge < -0.3 is 31.0 Å². The van der Waals surface area contributed by atoms with Gasteiger partial charge in [-0.25, -0.2) is 14.4 Å². The van der Waals surface area contributed by atoms with E-state index < -0.39 is 24.3 Å². The first-order valence-electron chi connectivity index (χ1n) is 12.1. The van der Waals surface area contributed by atoms with E-state index in [1.54, 1.807) is 25.3 Å². The normalized spacial score (nSPS) is 10.8. The summed E-state index contributed by atoms with van der Waals surface area (Å²) in [5.74, 6) is -5.86. The number of benzene rings is 2. The number of aliphatic carboxylic acids is 2. The Morgan fingerprint density at radius 3 is 1.66 bits per heavy atom. The Morgan fingerprint density at radius 1 is 0.818 bits per heavy atom. The number of carboxylic acid groups (broad SMARTS) is 2. The lowest BCUT2D eigenvalue weighted by molar-refractivity contribution is -0.193. The van der Waals surface area contributed by atoms with E-state index in [0.717, 1.165) is 16.7 Å². The fraction of sp³-hybridized carbons (Fsp3) is 0.222. The van der Waals surface area contributed by atoms with Crippen molar-refractivity contribution in [1.82, 2.24) is 4.57 Å². The monoisotopic (exact) mass is 631 g/mol. The molecule has 0 amide bonds. The van der Waals surface area contributed by atoms with Crippen LogP contribution >= 0.6 is 0 Å². The molecular weight excluding hydrogens is 604 g/mol. The minimum atomic E-state index is -5.08. The molecule has 1 aromatic heterocycles. The summed E-state index contributed by atoms with van der Waals surface area (Å²) in [4.78, 5) is 30.3. The number of alkyl halides is 6. The van der Waals surface area contributed by atoms with Crippen molar-refractivity contribution < 1.29 is 55.7 Å². The van der Waals surface area contributed by atoms with Gasteiger partial charge >= 0.3 is 30.3 Å². The zero-order chi connectivity index (χ0) is 33.8. The van der Waals surface area contributed by atoms with Gasteiger partial charge in [-0.05, 0) is 42.2 Å². The molecule has 44 heavy (non-hydrogen) atoms. The summed E-state index contributed by atoms with van der Waals surface area (Å²) in [5, 5.41) is 29.5. The molecule has 8 N–H and O–H groups in total. The molecular formula is C27H27F6N5O6. The van der Waals surface area contributed by atoms with E-state index in [4.69, 9.17) is 46.8 Å². The van der Waals surface area contributed by atoms with Crippen LogP contribution in [0, 0.1) is 10.8 Å². The number of nitrogens with zero attached hydrogens (tertiary/aromatic N) is 1. The molecule has 0 bridgehead atoms. The molecule has 0 aliphatic carbocycles. The summed E-state index contributed by atoms with van der Waals surface area (Å²) in [6.07, 6.45) is -5.95. The molecule has 0 radical (unpaired) electrons. The third kappa shape index (κ3) is 12.3. The van der Waals surface area contributed by atoms with Gasteiger partial charge in [-0.2, -0.15) is 26.3 Å². The van der Waals surface area contributed by atoms with Gasteiger partial charge in [-0.1, -0.05) is 36.4 Å². The lowest BCUT2D eigenvalue weighted by Crippen LogP contribution is -2.21. The average molecular weight is 632 g/mol. The first-order valence-corrected chi connectivity index (χ1v) is 12.1. The van der Waals surface area contributed by atoms with Crippen LogP contribution in [0.25, 0.3) is 0 Å². The van der Waals surface area contributed by atoms with Gasteiger partial charge in [0, 0.05) is 30.1 Å². The second-order valence-corrected chi connectivity index (χ2v) is 8.60. The quantitative estimate of drug-likeness (QED) is 0.0920. The lowest BCUT2D eigenvalue weighted by atomic mass is 10.0. The molecule has 3 aromatic rings. The van der Waals surface area contributed by atoms with Gasteiger partial charge in [0.1, 0.15) is 11.7 Å². The molecule has 1 heterocycles. The lowest BCUT2D eigenvalue weighted by Gasteiger charge is -2.06. The van der Waals surface area contributed by atoms with Gasteiger partial charge in [-0.15, -0.1) is 0 Å². The van der Waals surface area contributed by atoms with Gasteiger partial charge in [-0.3, -0.25) is 10.8 Å². The first-order chi connectivity index (χ1) is 20.3. The van der Waals surface area contributed by atoms with Crippen molar-refractivity contribution in [2.24, 2.45) is 11.5 Å². The molecule has 0 fully saturated rings. The molecule has 238 valence electrons. The standard InChI is InChI=1S/C23H25N5O2.2C2HF3O2/c1-2-30-23(29)20-14-28(12-16-6-4-8-18(11-16)22(26)27)13-19(20)10-15-5-3-7-17(9-15)21(24)25;2*3-2(4,5)1(6)7/h3-9,11,13-14H,2,10,12H2,1H3,(H3,24,25)(H3,26,27);2*(H,6,7). The summed E-state index contributed by atoms with van der Waals surface area (Å²) in [7, 11) is 0. The summed E-state index contributed by atoms with van der Waals surface area (Å²) in [5.41, 5.74) is 15.7. The van der Waals surface area contributed by atoms with Crippen molar-refractivity contribution in [2.45, 2.75) is 32.2 Å². The Balaban J connectivity index is 0.000000574. The first kappa shape index (κ1) is 36.7. The average Bonchev–Trinajstić information content (AvgIpc) is 3.30. The zero-order valence-electron chi connectivity index (χ0n) is 22.8. The van der Waals surface area contributed by atoms with Crippen molar-refractivity contribution in [3.8, 4) is 0 Å². The van der Waals surface area contributed by atoms with Crippen LogP contribution in [-0.2, 0) is 27.3 Å². The number of nitrogen functional groups attached to an aromatic ring is 2. The van der Waals surface area contributed by atoms with Gasteiger partial charge in [0.15, 0.2) is 0 Å². The molecule has 0 unspecified atom stereocenters. The van der Waals surface area contributed by atoms with Gasteiger partial charge in [0.2, 0.25) is 0 Å². The predicted octanol–water partition coefficient (Wildman–Crippen LogP) is 4.14. The van der Waals surface area contributed by atoms with Crippen LogP contribution in [-0.4, -0.2) is 63.3 Å². The number of hydrogen-bond donors (Lipinski definition) is 6. The van der Waals surface area contributed by atoms with Crippen LogP contribution in [0.2, 0.25) is 0 Å². The maximum absolute atomic E-state index is 12.5. The number of esters is 1. The third-order valence-corrected chi connectivity index (χ3v) is 5.18. The van der Waals surface area contributed by atoms with E-state index >= 15 is 0 Å².